The van der Waals surface area contributed by atoms with E-state index < -0.39 is 0 Å². The molecule has 0 amide bonds. The third-order valence-corrected chi connectivity index (χ3v) is 4.54. The molecule has 1 aliphatic rings. The van der Waals surface area contributed by atoms with Crippen LogP contribution < -0.4 is 0 Å². The van der Waals surface area contributed by atoms with E-state index in [0.29, 0.717) is 5.78 Å². The second-order valence-electron chi connectivity index (χ2n) is 3.40. The van der Waals surface area contributed by atoms with E-state index in [0.717, 1.165) is 27.1 Å². The lowest BCUT2D eigenvalue weighted by Crippen LogP contribution is -2.14. The molecule has 14 heavy (non-hydrogen) atoms. The first-order valence-electron chi connectivity index (χ1n) is 4.65. The van der Waals surface area contributed by atoms with Crippen LogP contribution in [0.25, 0.3) is 0 Å². The summed E-state index contributed by atoms with van der Waals surface area (Å²) in [6.07, 6.45) is 1.05. The number of hydrogen-bond donors (Lipinski definition) is 0. The van der Waals surface area contributed by atoms with Gasteiger partial charge < -0.3 is 0 Å². The molecule has 0 N–H and O–H groups in total. The lowest BCUT2D eigenvalue weighted by molar-refractivity contribution is 0.0933. The fraction of sp³-hybridized carbons (Fsp3) is 0.364. The Labute approximate surface area is 102 Å². The number of carbonyl (C=O) groups is 1. The number of halogens is 1. The molecule has 0 spiro atoms. The molecule has 1 aromatic rings. The van der Waals surface area contributed by atoms with E-state index in [9.17, 15) is 4.79 Å². The largest absolute Gasteiger partial charge is 0.294 e. The summed E-state index contributed by atoms with van der Waals surface area (Å²) in [7, 11) is 0. The van der Waals surface area contributed by atoms with Gasteiger partial charge in [0.1, 0.15) is 0 Å². The average molecular weight is 318 g/mol. The lowest BCUT2D eigenvalue weighted by atomic mass is 9.97. The standard InChI is InChI=1S/C11H11IOS/c12-10-4-2-1-3-9(10)11(13)8-5-6-14-7-8/h1-4,8H,5-7H2. The predicted octanol–water partition coefficient (Wildman–Crippen LogP) is 3.23. The zero-order chi connectivity index (χ0) is 9.97. The Morgan fingerprint density at radius 3 is 2.86 bits per heavy atom. The van der Waals surface area contributed by atoms with Gasteiger partial charge in [0.15, 0.2) is 5.78 Å². The van der Waals surface area contributed by atoms with Crippen molar-refractivity contribution in [1.82, 2.24) is 0 Å². The first-order valence-corrected chi connectivity index (χ1v) is 6.89. The highest BCUT2D eigenvalue weighted by Gasteiger charge is 2.25. The number of carbonyl (C=O) groups excluding carboxylic acids is 1. The van der Waals surface area contributed by atoms with Gasteiger partial charge in [-0.05, 0) is 40.8 Å². The number of benzene rings is 1. The smallest absolute Gasteiger partial charge is 0.167 e. The van der Waals surface area contributed by atoms with Crippen molar-refractivity contribution in [2.24, 2.45) is 5.92 Å². The second-order valence-corrected chi connectivity index (χ2v) is 5.72. The number of ketones is 1. The summed E-state index contributed by atoms with van der Waals surface area (Å²) in [5, 5.41) is 0. The van der Waals surface area contributed by atoms with Crippen LogP contribution in [0.15, 0.2) is 24.3 Å². The highest BCUT2D eigenvalue weighted by Crippen LogP contribution is 2.27. The minimum atomic E-state index is 0.260. The molecular weight excluding hydrogens is 307 g/mol. The first kappa shape index (κ1) is 10.5. The minimum absolute atomic E-state index is 0.260. The summed E-state index contributed by atoms with van der Waals surface area (Å²) >= 11 is 4.12. The molecular formula is C11H11IOS. The molecule has 1 fully saturated rings. The summed E-state index contributed by atoms with van der Waals surface area (Å²) in [6, 6.07) is 7.85. The zero-order valence-electron chi connectivity index (χ0n) is 7.70. The third kappa shape index (κ3) is 2.14. The van der Waals surface area contributed by atoms with Crippen LogP contribution in [-0.4, -0.2) is 17.3 Å². The van der Waals surface area contributed by atoms with Crippen molar-refractivity contribution in [3.8, 4) is 0 Å². The van der Waals surface area contributed by atoms with Gasteiger partial charge in [-0.3, -0.25) is 4.79 Å². The van der Waals surface area contributed by atoms with E-state index in [1.165, 1.54) is 0 Å². The summed E-state index contributed by atoms with van der Waals surface area (Å²) in [5.74, 6) is 2.74. The molecule has 0 aliphatic carbocycles. The van der Waals surface area contributed by atoms with Gasteiger partial charge in [0.25, 0.3) is 0 Å². The van der Waals surface area contributed by atoms with Crippen LogP contribution in [0.4, 0.5) is 0 Å². The second kappa shape index (κ2) is 4.66. The number of hydrogen-bond acceptors (Lipinski definition) is 2. The number of thioether (sulfide) groups is 1. The maximum Gasteiger partial charge on any atom is 0.167 e. The van der Waals surface area contributed by atoms with Crippen molar-refractivity contribution in [1.29, 1.82) is 0 Å². The Hall–Kier alpha value is -0.0300. The van der Waals surface area contributed by atoms with Gasteiger partial charge in [-0.2, -0.15) is 11.8 Å². The minimum Gasteiger partial charge on any atom is -0.294 e. The van der Waals surface area contributed by atoms with Crippen LogP contribution >= 0.6 is 34.4 Å². The maximum atomic E-state index is 12.0. The molecule has 2 rings (SSSR count). The van der Waals surface area contributed by atoms with Crippen LogP contribution in [0.2, 0.25) is 0 Å². The van der Waals surface area contributed by atoms with E-state index in [1.54, 1.807) is 0 Å². The van der Waals surface area contributed by atoms with Crippen LogP contribution in [0, 0.1) is 9.49 Å². The summed E-state index contributed by atoms with van der Waals surface area (Å²) in [4.78, 5) is 12.0. The van der Waals surface area contributed by atoms with E-state index in [-0.39, 0.29) is 5.92 Å². The van der Waals surface area contributed by atoms with Gasteiger partial charge in [0.2, 0.25) is 0 Å². The van der Waals surface area contributed by atoms with Gasteiger partial charge >= 0.3 is 0 Å². The van der Waals surface area contributed by atoms with E-state index in [4.69, 9.17) is 0 Å². The highest BCUT2D eigenvalue weighted by molar-refractivity contribution is 14.1. The first-order chi connectivity index (χ1) is 6.79. The fourth-order valence-electron chi connectivity index (χ4n) is 1.62. The summed E-state index contributed by atoms with van der Waals surface area (Å²) < 4.78 is 1.08. The molecule has 3 heteroatoms. The van der Waals surface area contributed by atoms with Gasteiger partial charge in [-0.15, -0.1) is 0 Å². The third-order valence-electron chi connectivity index (χ3n) is 2.44. The Morgan fingerprint density at radius 1 is 1.43 bits per heavy atom. The molecule has 1 saturated heterocycles. The van der Waals surface area contributed by atoms with Crippen molar-refractivity contribution < 1.29 is 4.79 Å². The van der Waals surface area contributed by atoms with E-state index in [2.05, 4.69) is 22.6 Å². The molecule has 1 aromatic carbocycles. The molecule has 0 bridgehead atoms. The molecule has 1 unspecified atom stereocenters. The fourth-order valence-corrected chi connectivity index (χ4v) is 3.50. The Bertz CT molecular complexity index is 345. The number of Topliss-reactive ketones (excluding diaryl/α,β-unsaturated/α-hetero) is 1. The zero-order valence-corrected chi connectivity index (χ0v) is 10.7. The van der Waals surface area contributed by atoms with Gasteiger partial charge in [-0.25, -0.2) is 0 Å². The molecule has 0 saturated carbocycles. The van der Waals surface area contributed by atoms with Gasteiger partial charge in [-0.1, -0.05) is 18.2 Å². The number of rotatable bonds is 2. The van der Waals surface area contributed by atoms with E-state index >= 15 is 0 Å². The van der Waals surface area contributed by atoms with Crippen molar-refractivity contribution in [2.75, 3.05) is 11.5 Å². The molecule has 0 radical (unpaired) electrons. The summed E-state index contributed by atoms with van der Waals surface area (Å²) in [5.41, 5.74) is 0.903. The normalized spacial score (nSPS) is 21.1. The van der Waals surface area contributed by atoms with Gasteiger partial charge in [0.05, 0.1) is 0 Å². The molecule has 0 aromatic heterocycles. The Kier molecular flexibility index (Phi) is 3.49. The molecule has 1 atom stereocenters. The van der Waals surface area contributed by atoms with Crippen molar-refractivity contribution in [3.63, 3.8) is 0 Å². The molecule has 74 valence electrons. The Morgan fingerprint density at radius 2 is 2.21 bits per heavy atom. The summed E-state index contributed by atoms with van der Waals surface area (Å²) in [6.45, 7) is 0. The maximum absolute atomic E-state index is 12.0. The quantitative estimate of drug-likeness (QED) is 0.615. The monoisotopic (exact) mass is 318 g/mol. The van der Waals surface area contributed by atoms with Gasteiger partial charge in [0, 0.05) is 20.8 Å². The van der Waals surface area contributed by atoms with Crippen LogP contribution in [-0.2, 0) is 0 Å². The average Bonchev–Trinajstić information content (AvgIpc) is 2.70. The van der Waals surface area contributed by atoms with Crippen molar-refractivity contribution >= 4 is 40.1 Å². The topological polar surface area (TPSA) is 17.1 Å². The molecule has 1 nitrogen and oxygen atoms in total. The van der Waals surface area contributed by atoms with Crippen LogP contribution in [0.5, 0.6) is 0 Å². The molecule has 1 aliphatic heterocycles. The van der Waals surface area contributed by atoms with Crippen molar-refractivity contribution in [3.05, 3.63) is 33.4 Å². The predicted molar refractivity (Wildman–Crippen MR) is 68.9 cm³/mol. The SMILES string of the molecule is O=C(c1ccccc1I)C1CCSC1. The highest BCUT2D eigenvalue weighted by atomic mass is 127. The van der Waals surface area contributed by atoms with E-state index in [1.807, 2.05) is 36.0 Å². The van der Waals surface area contributed by atoms with Crippen molar-refractivity contribution in [2.45, 2.75) is 6.42 Å². The lowest BCUT2D eigenvalue weighted by Gasteiger charge is -2.08. The Balaban J connectivity index is 2.22. The van der Waals surface area contributed by atoms with Crippen LogP contribution in [0.1, 0.15) is 16.8 Å². The van der Waals surface area contributed by atoms with Crippen LogP contribution in [0.3, 0.4) is 0 Å². The molecule has 1 heterocycles.